The fourth-order valence-corrected chi connectivity index (χ4v) is 3.59. The summed E-state index contributed by atoms with van der Waals surface area (Å²) >= 11 is 0. The predicted octanol–water partition coefficient (Wildman–Crippen LogP) is 4.67. The monoisotopic (exact) mass is 424 g/mol. The van der Waals surface area contributed by atoms with Crippen LogP contribution in [0.3, 0.4) is 0 Å². The first-order chi connectivity index (χ1) is 15.7. The summed E-state index contributed by atoms with van der Waals surface area (Å²) in [5.41, 5.74) is 2.86. The molecular weight excluding hydrogens is 404 g/mol. The Morgan fingerprint density at radius 2 is 1.75 bits per heavy atom. The van der Waals surface area contributed by atoms with Crippen molar-refractivity contribution in [3.05, 3.63) is 88.7 Å². The second-order valence-corrected chi connectivity index (χ2v) is 7.29. The highest BCUT2D eigenvalue weighted by atomic mass is 16.5. The molecule has 0 saturated heterocycles. The maximum absolute atomic E-state index is 13.2. The van der Waals surface area contributed by atoms with Crippen LogP contribution in [0, 0.1) is 0 Å². The van der Waals surface area contributed by atoms with Gasteiger partial charge in [-0.1, -0.05) is 60.6 Å². The number of hydrogen-bond acceptors (Lipinski definition) is 6. The summed E-state index contributed by atoms with van der Waals surface area (Å²) in [6.07, 6.45) is 0.958. The van der Waals surface area contributed by atoms with Gasteiger partial charge < -0.3 is 9.26 Å². The van der Waals surface area contributed by atoms with Gasteiger partial charge in [-0.2, -0.15) is 14.8 Å². The Kier molecular flexibility index (Phi) is 4.99. The molecule has 0 bridgehead atoms. The van der Waals surface area contributed by atoms with Crippen LogP contribution in [-0.4, -0.2) is 27.0 Å². The van der Waals surface area contributed by atoms with Gasteiger partial charge in [0, 0.05) is 17.0 Å². The number of benzene rings is 3. The van der Waals surface area contributed by atoms with Crippen molar-refractivity contribution in [3.8, 4) is 34.4 Å². The molecule has 2 aromatic heterocycles. The van der Waals surface area contributed by atoms with E-state index in [1.54, 1.807) is 25.3 Å². The summed E-state index contributed by atoms with van der Waals surface area (Å²) in [7, 11) is 1.58. The zero-order valence-corrected chi connectivity index (χ0v) is 17.6. The zero-order chi connectivity index (χ0) is 22.1. The third kappa shape index (κ3) is 3.43. The van der Waals surface area contributed by atoms with Crippen LogP contribution in [0.25, 0.3) is 39.4 Å². The SMILES string of the molecule is CCc1ccc(-c2noc(-c3nn(-c4cccc(OC)c4)c(=O)c4ccccc34)n2)cc1. The van der Waals surface area contributed by atoms with Gasteiger partial charge in [-0.3, -0.25) is 4.79 Å². The van der Waals surface area contributed by atoms with E-state index >= 15 is 0 Å². The highest BCUT2D eigenvalue weighted by molar-refractivity contribution is 5.92. The molecule has 0 unspecified atom stereocenters. The molecule has 0 spiro atoms. The number of rotatable bonds is 5. The van der Waals surface area contributed by atoms with Crippen molar-refractivity contribution in [2.45, 2.75) is 13.3 Å². The molecule has 7 nitrogen and oxygen atoms in total. The van der Waals surface area contributed by atoms with Crippen LogP contribution >= 0.6 is 0 Å². The van der Waals surface area contributed by atoms with E-state index in [2.05, 4.69) is 22.2 Å². The van der Waals surface area contributed by atoms with Gasteiger partial charge >= 0.3 is 0 Å². The Hall–Kier alpha value is -4.26. The first-order valence-corrected chi connectivity index (χ1v) is 10.3. The number of hydrogen-bond donors (Lipinski definition) is 0. The molecule has 0 aliphatic carbocycles. The van der Waals surface area contributed by atoms with Gasteiger partial charge in [-0.25, -0.2) is 0 Å². The molecule has 0 atom stereocenters. The molecule has 2 heterocycles. The average molecular weight is 424 g/mol. The third-order valence-corrected chi connectivity index (χ3v) is 5.35. The number of ether oxygens (including phenoxy) is 1. The topological polar surface area (TPSA) is 83.0 Å². The summed E-state index contributed by atoms with van der Waals surface area (Å²) in [6, 6.07) is 22.4. The fraction of sp³-hybridized carbons (Fsp3) is 0.120. The third-order valence-electron chi connectivity index (χ3n) is 5.35. The van der Waals surface area contributed by atoms with Crippen LogP contribution in [0.15, 0.2) is 82.1 Å². The van der Waals surface area contributed by atoms with Gasteiger partial charge in [-0.15, -0.1) is 0 Å². The minimum Gasteiger partial charge on any atom is -0.497 e. The van der Waals surface area contributed by atoms with Crippen LogP contribution < -0.4 is 10.3 Å². The lowest BCUT2D eigenvalue weighted by atomic mass is 10.1. The molecular formula is C25H20N4O3. The summed E-state index contributed by atoms with van der Waals surface area (Å²) in [5.74, 6) is 1.33. The Balaban J connectivity index is 1.68. The fourth-order valence-electron chi connectivity index (χ4n) is 3.59. The first kappa shape index (κ1) is 19.7. The maximum atomic E-state index is 13.2. The average Bonchev–Trinajstić information content (AvgIpc) is 3.34. The molecule has 158 valence electrons. The minimum atomic E-state index is -0.243. The van der Waals surface area contributed by atoms with Crippen LogP contribution in [0.5, 0.6) is 5.75 Å². The Bertz CT molecular complexity index is 1470. The van der Waals surface area contributed by atoms with Crippen molar-refractivity contribution in [3.63, 3.8) is 0 Å². The molecule has 3 aromatic carbocycles. The molecule has 7 heteroatoms. The van der Waals surface area contributed by atoms with Crippen LogP contribution in [0.1, 0.15) is 12.5 Å². The lowest BCUT2D eigenvalue weighted by Gasteiger charge is -2.10. The lowest BCUT2D eigenvalue weighted by Crippen LogP contribution is -2.22. The van der Waals surface area contributed by atoms with Crippen LogP contribution in [-0.2, 0) is 6.42 Å². The molecule has 0 saturated carbocycles. The van der Waals surface area contributed by atoms with Gasteiger partial charge in [0.15, 0.2) is 5.69 Å². The molecule has 32 heavy (non-hydrogen) atoms. The number of fused-ring (bicyclic) bond motifs is 1. The molecule has 5 rings (SSSR count). The van der Waals surface area contributed by atoms with Crippen LogP contribution in [0.4, 0.5) is 0 Å². The van der Waals surface area contributed by atoms with Crippen molar-refractivity contribution < 1.29 is 9.26 Å². The summed E-state index contributed by atoms with van der Waals surface area (Å²) in [5, 5.41) is 9.90. The summed E-state index contributed by atoms with van der Waals surface area (Å²) in [4.78, 5) is 17.8. The van der Waals surface area contributed by atoms with E-state index < -0.39 is 0 Å². The van der Waals surface area contributed by atoms with Gasteiger partial charge in [0.25, 0.3) is 11.4 Å². The van der Waals surface area contributed by atoms with Gasteiger partial charge in [0.05, 0.1) is 18.2 Å². The Labute approximate surface area is 183 Å². The summed E-state index contributed by atoms with van der Waals surface area (Å²) in [6.45, 7) is 2.11. The predicted molar refractivity (Wildman–Crippen MR) is 122 cm³/mol. The molecule has 0 aliphatic rings. The second kappa shape index (κ2) is 8.11. The van der Waals surface area contributed by atoms with E-state index in [4.69, 9.17) is 9.26 Å². The van der Waals surface area contributed by atoms with Crippen LogP contribution in [0.2, 0.25) is 0 Å². The van der Waals surface area contributed by atoms with Gasteiger partial charge in [0.2, 0.25) is 5.82 Å². The minimum absolute atomic E-state index is 0.243. The smallest absolute Gasteiger partial charge is 0.279 e. The standard InChI is InChI=1S/C25H20N4O3/c1-3-16-11-13-17(14-12-16)23-26-24(32-28-23)22-20-9-4-5-10-21(20)25(30)29(27-22)18-7-6-8-19(15-18)31-2/h4-15H,3H2,1-2H3. The lowest BCUT2D eigenvalue weighted by molar-refractivity contribution is 0.414. The van der Waals surface area contributed by atoms with E-state index in [1.807, 2.05) is 54.6 Å². The van der Waals surface area contributed by atoms with E-state index in [0.29, 0.717) is 33.7 Å². The van der Waals surface area contributed by atoms with Crippen molar-refractivity contribution in [2.24, 2.45) is 0 Å². The maximum Gasteiger partial charge on any atom is 0.279 e. The Morgan fingerprint density at radius 3 is 2.50 bits per heavy atom. The van der Waals surface area contributed by atoms with Crippen molar-refractivity contribution in [2.75, 3.05) is 7.11 Å². The quantitative estimate of drug-likeness (QED) is 0.408. The molecule has 0 radical (unpaired) electrons. The number of aryl methyl sites for hydroxylation is 1. The molecule has 5 aromatic rings. The van der Waals surface area contributed by atoms with E-state index in [-0.39, 0.29) is 11.4 Å². The highest BCUT2D eigenvalue weighted by Crippen LogP contribution is 2.27. The highest BCUT2D eigenvalue weighted by Gasteiger charge is 2.19. The molecule has 0 fully saturated rings. The second-order valence-electron chi connectivity index (χ2n) is 7.29. The molecule has 0 aliphatic heterocycles. The molecule has 0 N–H and O–H groups in total. The van der Waals surface area contributed by atoms with Crippen molar-refractivity contribution in [1.82, 2.24) is 19.9 Å². The van der Waals surface area contributed by atoms with E-state index in [9.17, 15) is 4.79 Å². The number of methoxy groups -OCH3 is 1. The zero-order valence-electron chi connectivity index (χ0n) is 17.6. The van der Waals surface area contributed by atoms with Crippen molar-refractivity contribution >= 4 is 10.8 Å². The normalized spacial score (nSPS) is 11.1. The Morgan fingerprint density at radius 1 is 0.969 bits per heavy atom. The first-order valence-electron chi connectivity index (χ1n) is 10.3. The number of aromatic nitrogens is 4. The van der Waals surface area contributed by atoms with Gasteiger partial charge in [-0.05, 0) is 30.2 Å². The molecule has 0 amide bonds. The van der Waals surface area contributed by atoms with Crippen molar-refractivity contribution in [1.29, 1.82) is 0 Å². The van der Waals surface area contributed by atoms with E-state index in [1.165, 1.54) is 10.2 Å². The largest absolute Gasteiger partial charge is 0.497 e. The van der Waals surface area contributed by atoms with Gasteiger partial charge in [0.1, 0.15) is 5.75 Å². The summed E-state index contributed by atoms with van der Waals surface area (Å²) < 4.78 is 12.2. The van der Waals surface area contributed by atoms with E-state index in [0.717, 1.165) is 12.0 Å². The number of nitrogens with zero attached hydrogens (tertiary/aromatic N) is 4.